The van der Waals surface area contributed by atoms with E-state index < -0.39 is 18.6 Å². The molecule has 1 saturated heterocycles. The number of nitrogens with one attached hydrogen (secondary N) is 1. The number of hydrogen-bond acceptors (Lipinski definition) is 3. The number of phenols is 1. The number of piperazine rings is 1. The molecule has 124 valence electrons. The van der Waals surface area contributed by atoms with Gasteiger partial charge in [-0.15, -0.1) is 0 Å². The van der Waals surface area contributed by atoms with Gasteiger partial charge < -0.3 is 10.4 Å². The zero-order valence-corrected chi connectivity index (χ0v) is 16.1. The number of halogens is 6. The summed E-state index contributed by atoms with van der Waals surface area (Å²) in [7, 11) is 0. The van der Waals surface area contributed by atoms with Crippen molar-refractivity contribution in [1.29, 1.82) is 0 Å². The normalized spacial score (nSPS) is 18.5. The van der Waals surface area contributed by atoms with E-state index in [1.165, 1.54) is 0 Å². The maximum atomic E-state index is 13.0. The summed E-state index contributed by atoms with van der Waals surface area (Å²) in [5.41, 5.74) is 0.417. The maximum Gasteiger partial charge on any atom is 0.390 e. The Kier molecular flexibility index (Phi) is 6.21. The van der Waals surface area contributed by atoms with Gasteiger partial charge in [0.15, 0.2) is 0 Å². The van der Waals surface area contributed by atoms with E-state index in [0.29, 0.717) is 40.7 Å². The second-order valence-corrected chi connectivity index (χ2v) is 7.54. The van der Waals surface area contributed by atoms with E-state index in [0.717, 1.165) is 0 Å². The third kappa shape index (κ3) is 4.37. The van der Waals surface area contributed by atoms with Gasteiger partial charge in [-0.25, -0.2) is 0 Å². The van der Waals surface area contributed by atoms with Crippen LogP contribution >= 0.6 is 47.8 Å². The van der Waals surface area contributed by atoms with Gasteiger partial charge >= 0.3 is 6.18 Å². The molecule has 0 amide bonds. The number of benzene rings is 1. The molecule has 1 aromatic carbocycles. The SMILES string of the molecule is Oc1c(Br)cc(Br)c([C@H](CC(F)(F)F)N2CCNCC2)c1Br. The van der Waals surface area contributed by atoms with Gasteiger partial charge in [0, 0.05) is 42.3 Å². The van der Waals surface area contributed by atoms with Crippen LogP contribution < -0.4 is 5.32 Å². The lowest BCUT2D eigenvalue weighted by Gasteiger charge is -2.36. The van der Waals surface area contributed by atoms with Gasteiger partial charge in [0.25, 0.3) is 0 Å². The first-order valence-electron chi connectivity index (χ1n) is 6.58. The van der Waals surface area contributed by atoms with Gasteiger partial charge in [-0.3, -0.25) is 4.90 Å². The molecule has 1 aromatic rings. The van der Waals surface area contributed by atoms with Crippen molar-refractivity contribution in [2.75, 3.05) is 26.2 Å². The van der Waals surface area contributed by atoms with E-state index in [4.69, 9.17) is 0 Å². The first kappa shape index (κ1) is 18.5. The van der Waals surface area contributed by atoms with Gasteiger partial charge in [-0.2, -0.15) is 13.2 Å². The Hall–Kier alpha value is 0.170. The largest absolute Gasteiger partial charge is 0.506 e. The van der Waals surface area contributed by atoms with E-state index >= 15 is 0 Å². The summed E-state index contributed by atoms with van der Waals surface area (Å²) in [6.07, 6.45) is -5.26. The summed E-state index contributed by atoms with van der Waals surface area (Å²) >= 11 is 9.74. The third-order valence-corrected chi connectivity index (χ3v) is 5.60. The fourth-order valence-electron chi connectivity index (χ4n) is 2.53. The van der Waals surface area contributed by atoms with Crippen molar-refractivity contribution in [3.05, 3.63) is 25.0 Å². The lowest BCUT2D eigenvalue weighted by atomic mass is 10.0. The Morgan fingerprint density at radius 1 is 1.18 bits per heavy atom. The van der Waals surface area contributed by atoms with Gasteiger partial charge in [0.2, 0.25) is 0 Å². The Morgan fingerprint density at radius 2 is 1.77 bits per heavy atom. The highest BCUT2D eigenvalue weighted by Crippen LogP contribution is 2.46. The van der Waals surface area contributed by atoms with Crippen LogP contribution in [0.4, 0.5) is 13.2 Å². The molecule has 0 aliphatic carbocycles. The molecule has 9 heteroatoms. The number of hydrogen-bond donors (Lipinski definition) is 2. The average Bonchev–Trinajstić information content (AvgIpc) is 2.43. The molecule has 0 saturated carbocycles. The van der Waals surface area contributed by atoms with Gasteiger partial charge in [-0.1, -0.05) is 15.9 Å². The van der Waals surface area contributed by atoms with Crippen molar-refractivity contribution in [3.8, 4) is 5.75 Å². The van der Waals surface area contributed by atoms with Crippen LogP contribution in [0.5, 0.6) is 5.75 Å². The standard InChI is InChI=1S/C13H14Br3F3N2O/c14-7-5-8(15)12(22)11(16)10(7)9(6-13(17,18)19)21-3-1-20-2-4-21/h5,9,20,22H,1-4,6H2/t9-/m0/s1. The highest BCUT2D eigenvalue weighted by molar-refractivity contribution is 9.11. The molecule has 22 heavy (non-hydrogen) atoms. The van der Waals surface area contributed by atoms with Crippen LogP contribution in [0.1, 0.15) is 18.0 Å². The maximum absolute atomic E-state index is 13.0. The van der Waals surface area contributed by atoms with Crippen LogP contribution in [0.25, 0.3) is 0 Å². The van der Waals surface area contributed by atoms with E-state index in [9.17, 15) is 18.3 Å². The Labute approximate surface area is 151 Å². The molecule has 0 bridgehead atoms. The van der Waals surface area contributed by atoms with Crippen molar-refractivity contribution in [1.82, 2.24) is 10.2 Å². The topological polar surface area (TPSA) is 35.5 Å². The number of nitrogens with zero attached hydrogens (tertiary/aromatic N) is 1. The summed E-state index contributed by atoms with van der Waals surface area (Å²) < 4.78 is 40.4. The summed E-state index contributed by atoms with van der Waals surface area (Å²) in [6, 6.07) is 0.714. The lowest BCUT2D eigenvalue weighted by molar-refractivity contribution is -0.148. The smallest absolute Gasteiger partial charge is 0.390 e. The van der Waals surface area contributed by atoms with Crippen molar-refractivity contribution in [2.24, 2.45) is 0 Å². The first-order valence-corrected chi connectivity index (χ1v) is 8.96. The molecule has 0 radical (unpaired) electrons. The second-order valence-electron chi connectivity index (χ2n) is 5.04. The molecular formula is C13H14Br3F3N2O. The summed E-state index contributed by atoms with van der Waals surface area (Å²) in [5, 5.41) is 13.2. The average molecular weight is 511 g/mol. The van der Waals surface area contributed by atoms with Crippen LogP contribution in [0, 0.1) is 0 Å². The van der Waals surface area contributed by atoms with Gasteiger partial charge in [-0.05, 0) is 37.9 Å². The van der Waals surface area contributed by atoms with Crippen LogP contribution in [-0.4, -0.2) is 42.4 Å². The van der Waals surface area contributed by atoms with E-state index in [1.807, 2.05) is 0 Å². The molecule has 0 aromatic heterocycles. The highest BCUT2D eigenvalue weighted by atomic mass is 79.9. The van der Waals surface area contributed by atoms with E-state index in [2.05, 4.69) is 53.1 Å². The van der Waals surface area contributed by atoms with Crippen molar-refractivity contribution in [2.45, 2.75) is 18.6 Å². The number of alkyl halides is 3. The zero-order chi connectivity index (χ0) is 16.5. The highest BCUT2D eigenvalue weighted by Gasteiger charge is 2.38. The lowest BCUT2D eigenvalue weighted by Crippen LogP contribution is -2.46. The molecule has 1 heterocycles. The third-order valence-electron chi connectivity index (χ3n) is 3.53. The van der Waals surface area contributed by atoms with Gasteiger partial charge in [0.1, 0.15) is 5.75 Å². The van der Waals surface area contributed by atoms with E-state index in [1.54, 1.807) is 11.0 Å². The molecule has 0 spiro atoms. The number of aromatic hydroxyl groups is 1. The predicted octanol–water partition coefficient (Wildman–Crippen LogP) is 4.58. The van der Waals surface area contributed by atoms with Gasteiger partial charge in [0.05, 0.1) is 15.4 Å². The van der Waals surface area contributed by atoms with E-state index in [-0.39, 0.29) is 10.2 Å². The molecule has 1 aliphatic heterocycles. The molecular weight excluding hydrogens is 497 g/mol. The molecule has 1 atom stereocenters. The Bertz CT molecular complexity index is 548. The number of rotatable bonds is 3. The Morgan fingerprint density at radius 3 is 2.32 bits per heavy atom. The van der Waals surface area contributed by atoms with Crippen LogP contribution in [0.3, 0.4) is 0 Å². The molecule has 3 nitrogen and oxygen atoms in total. The summed E-state index contributed by atoms with van der Waals surface area (Å²) in [6.45, 7) is 2.34. The van der Waals surface area contributed by atoms with Crippen molar-refractivity contribution < 1.29 is 18.3 Å². The minimum absolute atomic E-state index is 0.0968. The summed E-state index contributed by atoms with van der Waals surface area (Å²) in [5.74, 6) is -0.0968. The monoisotopic (exact) mass is 508 g/mol. The quantitative estimate of drug-likeness (QED) is 0.625. The minimum Gasteiger partial charge on any atom is -0.506 e. The van der Waals surface area contributed by atoms with Crippen molar-refractivity contribution >= 4 is 47.8 Å². The zero-order valence-electron chi connectivity index (χ0n) is 11.4. The molecule has 1 aliphatic rings. The molecule has 1 fully saturated rings. The molecule has 2 rings (SSSR count). The predicted molar refractivity (Wildman–Crippen MR) is 89.1 cm³/mol. The molecule has 2 N–H and O–H groups in total. The van der Waals surface area contributed by atoms with Crippen LogP contribution in [0.2, 0.25) is 0 Å². The fourth-order valence-corrected chi connectivity index (χ4v) is 5.18. The first-order chi connectivity index (χ1) is 10.2. The number of phenolic OH excluding ortho intramolecular Hbond substituents is 1. The Balaban J connectivity index is 2.46. The van der Waals surface area contributed by atoms with Crippen LogP contribution in [-0.2, 0) is 0 Å². The minimum atomic E-state index is -4.29. The van der Waals surface area contributed by atoms with Crippen LogP contribution in [0.15, 0.2) is 19.5 Å². The van der Waals surface area contributed by atoms with Crippen molar-refractivity contribution in [3.63, 3.8) is 0 Å². The second kappa shape index (κ2) is 7.38. The molecule has 0 unspecified atom stereocenters. The summed E-state index contributed by atoms with van der Waals surface area (Å²) in [4.78, 5) is 1.79. The fraction of sp³-hybridized carbons (Fsp3) is 0.538.